The van der Waals surface area contributed by atoms with Crippen LogP contribution in [-0.4, -0.2) is 48.3 Å². The van der Waals surface area contributed by atoms with Crippen molar-refractivity contribution in [3.63, 3.8) is 0 Å². The maximum Gasteiger partial charge on any atom is 0.233 e. The largest absolute Gasteiger partial charge is 0.395 e. The average molecular weight is 234 g/mol. The van der Waals surface area contributed by atoms with Gasteiger partial charge in [0.15, 0.2) is 0 Å². The highest BCUT2D eigenvalue weighted by atomic mass is 32.2. The van der Waals surface area contributed by atoms with Gasteiger partial charge in [0.1, 0.15) is 0 Å². The molecule has 0 heterocycles. The molecule has 15 heavy (non-hydrogen) atoms. The second-order valence-electron chi connectivity index (χ2n) is 3.48. The third-order valence-electron chi connectivity index (χ3n) is 2.20. The summed E-state index contributed by atoms with van der Waals surface area (Å²) in [6, 6.07) is 0.136. The minimum atomic E-state index is 0.0153. The second-order valence-corrected chi connectivity index (χ2v) is 4.55. The third-order valence-corrected chi connectivity index (χ3v) is 3.36. The van der Waals surface area contributed by atoms with Gasteiger partial charge in [-0.1, -0.05) is 6.92 Å². The van der Waals surface area contributed by atoms with Crippen LogP contribution in [0.2, 0.25) is 0 Å². The molecule has 0 aromatic rings. The minimum absolute atomic E-state index is 0.0153. The molecule has 1 amide bonds. The van der Waals surface area contributed by atoms with Gasteiger partial charge in [-0.05, 0) is 19.6 Å². The zero-order chi connectivity index (χ0) is 11.7. The summed E-state index contributed by atoms with van der Waals surface area (Å²) in [6.07, 6.45) is 2.90. The van der Waals surface area contributed by atoms with Crippen LogP contribution in [-0.2, 0) is 4.79 Å². The molecule has 0 radical (unpaired) electrons. The Balaban J connectivity index is 3.68. The van der Waals surface area contributed by atoms with Crippen molar-refractivity contribution in [3.05, 3.63) is 0 Å². The summed E-state index contributed by atoms with van der Waals surface area (Å²) in [5, 5.41) is 15.1. The summed E-state index contributed by atoms with van der Waals surface area (Å²) >= 11 is 1.60. The number of carbonyl (C=O) groups is 1. The molecule has 90 valence electrons. The van der Waals surface area contributed by atoms with E-state index in [0.29, 0.717) is 6.54 Å². The Bertz CT molecular complexity index is 175. The van der Waals surface area contributed by atoms with Crippen molar-refractivity contribution in [2.75, 3.05) is 26.0 Å². The van der Waals surface area contributed by atoms with E-state index in [1.807, 2.05) is 20.1 Å². The summed E-state index contributed by atoms with van der Waals surface area (Å²) < 4.78 is 0. The van der Waals surface area contributed by atoms with Crippen LogP contribution in [0.15, 0.2) is 0 Å². The number of amides is 1. The highest BCUT2D eigenvalue weighted by Gasteiger charge is 2.15. The fraction of sp³-hybridized carbons (Fsp3) is 0.900. The molecule has 3 N–H and O–H groups in total. The number of hydrogen-bond donors (Lipinski definition) is 3. The predicted molar refractivity (Wildman–Crippen MR) is 65.2 cm³/mol. The molecule has 0 bridgehead atoms. The summed E-state index contributed by atoms with van der Waals surface area (Å²) in [7, 11) is 0. The number of rotatable bonds is 8. The number of thioether (sulfide) groups is 1. The summed E-state index contributed by atoms with van der Waals surface area (Å²) in [6.45, 7) is 5.17. The maximum absolute atomic E-state index is 11.3. The lowest BCUT2D eigenvalue weighted by Gasteiger charge is -2.20. The van der Waals surface area contributed by atoms with Crippen LogP contribution in [0.3, 0.4) is 0 Å². The maximum atomic E-state index is 11.3. The highest BCUT2D eigenvalue weighted by molar-refractivity contribution is 7.99. The first kappa shape index (κ1) is 14.7. The molecule has 2 unspecified atom stereocenters. The average Bonchev–Trinajstić information content (AvgIpc) is 2.25. The SMILES string of the molecule is CCCNC(=O)CNC(C)C(CO)SC. The smallest absolute Gasteiger partial charge is 0.233 e. The molecule has 0 aromatic carbocycles. The first-order chi connectivity index (χ1) is 7.15. The topological polar surface area (TPSA) is 61.4 Å². The molecule has 0 aliphatic rings. The Morgan fingerprint density at radius 3 is 2.67 bits per heavy atom. The van der Waals surface area contributed by atoms with E-state index in [9.17, 15) is 4.79 Å². The van der Waals surface area contributed by atoms with Gasteiger partial charge in [0.2, 0.25) is 5.91 Å². The molecule has 0 aliphatic carbocycles. The molecular formula is C10H22N2O2S. The van der Waals surface area contributed by atoms with Crippen molar-refractivity contribution in [2.45, 2.75) is 31.6 Å². The van der Waals surface area contributed by atoms with E-state index >= 15 is 0 Å². The molecule has 0 aliphatic heterocycles. The van der Waals surface area contributed by atoms with Gasteiger partial charge in [0.05, 0.1) is 13.2 Å². The Morgan fingerprint density at radius 1 is 1.53 bits per heavy atom. The van der Waals surface area contributed by atoms with Gasteiger partial charge >= 0.3 is 0 Å². The van der Waals surface area contributed by atoms with Gasteiger partial charge in [0, 0.05) is 17.8 Å². The standard InChI is InChI=1S/C10H22N2O2S/c1-4-5-11-10(14)6-12-8(2)9(7-13)15-3/h8-9,12-13H,4-7H2,1-3H3,(H,11,14). The number of carbonyl (C=O) groups excluding carboxylic acids is 1. The van der Waals surface area contributed by atoms with Gasteiger partial charge in [-0.3, -0.25) is 4.79 Å². The molecule has 0 saturated carbocycles. The first-order valence-corrected chi connectivity index (χ1v) is 6.58. The summed E-state index contributed by atoms with van der Waals surface area (Å²) in [5.74, 6) is 0.0153. The van der Waals surface area contributed by atoms with Crippen molar-refractivity contribution >= 4 is 17.7 Å². The molecule has 2 atom stereocenters. The number of aliphatic hydroxyl groups is 1. The van der Waals surface area contributed by atoms with Gasteiger partial charge in [0.25, 0.3) is 0 Å². The van der Waals surface area contributed by atoms with E-state index in [1.165, 1.54) is 0 Å². The number of nitrogens with one attached hydrogen (secondary N) is 2. The van der Waals surface area contributed by atoms with Crippen LogP contribution in [0.1, 0.15) is 20.3 Å². The zero-order valence-corrected chi connectivity index (χ0v) is 10.6. The van der Waals surface area contributed by atoms with E-state index in [2.05, 4.69) is 10.6 Å². The Kier molecular flexibility index (Phi) is 8.85. The second kappa shape index (κ2) is 9.00. The quantitative estimate of drug-likeness (QED) is 0.562. The van der Waals surface area contributed by atoms with E-state index in [4.69, 9.17) is 5.11 Å². The highest BCUT2D eigenvalue weighted by Crippen LogP contribution is 2.09. The molecule has 0 fully saturated rings. The van der Waals surface area contributed by atoms with Gasteiger partial charge in [-0.15, -0.1) is 0 Å². The molecule has 5 heteroatoms. The van der Waals surface area contributed by atoms with Crippen molar-refractivity contribution in [3.8, 4) is 0 Å². The summed E-state index contributed by atoms with van der Waals surface area (Å²) in [5.41, 5.74) is 0. The molecule has 0 aromatic heterocycles. The zero-order valence-electron chi connectivity index (χ0n) is 9.75. The number of aliphatic hydroxyl groups excluding tert-OH is 1. The van der Waals surface area contributed by atoms with Gasteiger partial charge < -0.3 is 15.7 Å². The van der Waals surface area contributed by atoms with Gasteiger partial charge in [-0.25, -0.2) is 0 Å². The van der Waals surface area contributed by atoms with Crippen LogP contribution < -0.4 is 10.6 Å². The van der Waals surface area contributed by atoms with E-state index in [-0.39, 0.29) is 23.8 Å². The monoisotopic (exact) mass is 234 g/mol. The summed E-state index contributed by atoms with van der Waals surface area (Å²) in [4.78, 5) is 11.3. The molecular weight excluding hydrogens is 212 g/mol. The first-order valence-electron chi connectivity index (χ1n) is 5.29. The van der Waals surface area contributed by atoms with E-state index < -0.39 is 0 Å². The van der Waals surface area contributed by atoms with Gasteiger partial charge in [-0.2, -0.15) is 11.8 Å². The lowest BCUT2D eigenvalue weighted by molar-refractivity contribution is -0.120. The lowest BCUT2D eigenvalue weighted by Crippen LogP contribution is -2.43. The van der Waals surface area contributed by atoms with Crippen LogP contribution in [0.5, 0.6) is 0 Å². The Morgan fingerprint density at radius 2 is 2.20 bits per heavy atom. The van der Waals surface area contributed by atoms with Crippen molar-refractivity contribution in [1.82, 2.24) is 10.6 Å². The fourth-order valence-corrected chi connectivity index (χ4v) is 1.80. The minimum Gasteiger partial charge on any atom is -0.395 e. The van der Waals surface area contributed by atoms with E-state index in [0.717, 1.165) is 13.0 Å². The fourth-order valence-electron chi connectivity index (χ4n) is 1.15. The van der Waals surface area contributed by atoms with Crippen molar-refractivity contribution in [2.24, 2.45) is 0 Å². The predicted octanol–water partition coefficient (Wildman–Crippen LogP) is 0.215. The molecule has 0 spiro atoms. The van der Waals surface area contributed by atoms with Crippen molar-refractivity contribution in [1.29, 1.82) is 0 Å². The Hall–Kier alpha value is -0.260. The molecule has 0 saturated heterocycles. The van der Waals surface area contributed by atoms with Crippen LogP contribution in [0, 0.1) is 0 Å². The van der Waals surface area contributed by atoms with Crippen LogP contribution >= 0.6 is 11.8 Å². The lowest BCUT2D eigenvalue weighted by atomic mass is 10.2. The van der Waals surface area contributed by atoms with Crippen LogP contribution in [0.25, 0.3) is 0 Å². The van der Waals surface area contributed by atoms with Crippen molar-refractivity contribution < 1.29 is 9.90 Å². The third kappa shape index (κ3) is 6.76. The number of hydrogen-bond acceptors (Lipinski definition) is 4. The molecule has 0 rings (SSSR count). The van der Waals surface area contributed by atoms with E-state index in [1.54, 1.807) is 11.8 Å². The Labute approximate surface area is 96.2 Å². The van der Waals surface area contributed by atoms with Crippen LogP contribution in [0.4, 0.5) is 0 Å². The normalized spacial score (nSPS) is 14.7. The molecule has 4 nitrogen and oxygen atoms in total.